The maximum absolute atomic E-state index is 12.3. The smallest absolute Gasteiger partial charge is 0.317 e. The van der Waals surface area contributed by atoms with Crippen molar-refractivity contribution in [2.24, 2.45) is 5.92 Å². The molecule has 0 aromatic heterocycles. The molecule has 0 radical (unpaired) electrons. The molecule has 1 aromatic carbocycles. The van der Waals surface area contributed by atoms with E-state index in [1.165, 1.54) is 5.56 Å². The number of benzene rings is 1. The predicted molar refractivity (Wildman–Crippen MR) is 89.0 cm³/mol. The van der Waals surface area contributed by atoms with Crippen molar-refractivity contribution in [2.75, 3.05) is 19.6 Å². The molecule has 124 valence electrons. The summed E-state index contributed by atoms with van der Waals surface area (Å²) in [5.41, 5.74) is 1.33. The third-order valence-corrected chi connectivity index (χ3v) is 4.85. The van der Waals surface area contributed by atoms with Gasteiger partial charge in [-0.3, -0.25) is 4.79 Å². The summed E-state index contributed by atoms with van der Waals surface area (Å²) >= 11 is 0. The molecule has 2 aliphatic rings. The number of urea groups is 1. The van der Waals surface area contributed by atoms with Crippen LogP contribution >= 0.6 is 0 Å². The van der Waals surface area contributed by atoms with Crippen LogP contribution in [0.2, 0.25) is 0 Å². The number of rotatable bonds is 5. The molecule has 5 heteroatoms. The fraction of sp³-hybridized carbons (Fsp3) is 0.556. The minimum Gasteiger partial charge on any atom is -0.352 e. The zero-order valence-electron chi connectivity index (χ0n) is 13.5. The van der Waals surface area contributed by atoms with Crippen molar-refractivity contribution >= 4 is 11.9 Å². The lowest BCUT2D eigenvalue weighted by Crippen LogP contribution is -2.51. The fourth-order valence-electron chi connectivity index (χ4n) is 3.64. The number of carbonyl (C=O) groups excluding carboxylic acids is 2. The van der Waals surface area contributed by atoms with Crippen LogP contribution in [0.3, 0.4) is 0 Å². The molecule has 3 rings (SSSR count). The maximum Gasteiger partial charge on any atom is 0.317 e. The second kappa shape index (κ2) is 7.49. The van der Waals surface area contributed by atoms with E-state index in [1.54, 1.807) is 4.90 Å². The molecule has 1 heterocycles. The summed E-state index contributed by atoms with van der Waals surface area (Å²) in [5, 5.41) is 5.94. The highest BCUT2D eigenvalue weighted by Crippen LogP contribution is 2.28. The maximum atomic E-state index is 12.3. The van der Waals surface area contributed by atoms with Crippen molar-refractivity contribution in [1.82, 2.24) is 15.5 Å². The van der Waals surface area contributed by atoms with Gasteiger partial charge in [0.15, 0.2) is 0 Å². The summed E-state index contributed by atoms with van der Waals surface area (Å²) in [4.78, 5) is 25.6. The quantitative estimate of drug-likeness (QED) is 0.872. The molecule has 2 N–H and O–H groups in total. The average molecular weight is 315 g/mol. The van der Waals surface area contributed by atoms with Gasteiger partial charge < -0.3 is 15.5 Å². The van der Waals surface area contributed by atoms with Gasteiger partial charge in [0.05, 0.1) is 0 Å². The number of nitrogens with one attached hydrogen (secondary N) is 2. The first kappa shape index (κ1) is 15.8. The van der Waals surface area contributed by atoms with E-state index >= 15 is 0 Å². The Kier molecular flexibility index (Phi) is 5.16. The zero-order chi connectivity index (χ0) is 16.1. The van der Waals surface area contributed by atoms with Crippen LogP contribution in [0.5, 0.6) is 0 Å². The molecular weight excluding hydrogens is 290 g/mol. The van der Waals surface area contributed by atoms with Crippen molar-refractivity contribution in [3.8, 4) is 0 Å². The van der Waals surface area contributed by atoms with Gasteiger partial charge in [-0.1, -0.05) is 36.8 Å². The lowest BCUT2D eigenvalue weighted by Gasteiger charge is -2.28. The molecule has 23 heavy (non-hydrogen) atoms. The normalized spacial score (nSPS) is 24.3. The van der Waals surface area contributed by atoms with Crippen molar-refractivity contribution < 1.29 is 9.59 Å². The molecule has 2 atom stereocenters. The number of carbonyl (C=O) groups is 2. The number of nitrogens with zero attached hydrogens (tertiary/aromatic N) is 1. The van der Waals surface area contributed by atoms with Crippen LogP contribution in [-0.2, 0) is 11.2 Å². The van der Waals surface area contributed by atoms with Crippen molar-refractivity contribution in [3.63, 3.8) is 0 Å². The van der Waals surface area contributed by atoms with Gasteiger partial charge in [0, 0.05) is 19.1 Å². The Bertz CT molecular complexity index is 546. The van der Waals surface area contributed by atoms with E-state index in [0.29, 0.717) is 19.0 Å². The van der Waals surface area contributed by atoms with Crippen molar-refractivity contribution in [1.29, 1.82) is 0 Å². The minimum absolute atomic E-state index is 0.0352. The molecule has 5 nitrogen and oxygen atoms in total. The van der Waals surface area contributed by atoms with Gasteiger partial charge in [-0.25, -0.2) is 4.79 Å². The van der Waals surface area contributed by atoms with Gasteiger partial charge in [0.25, 0.3) is 0 Å². The Hall–Kier alpha value is -2.04. The van der Waals surface area contributed by atoms with Crippen LogP contribution in [0.25, 0.3) is 0 Å². The minimum atomic E-state index is -0.126. The monoisotopic (exact) mass is 315 g/mol. The zero-order valence-corrected chi connectivity index (χ0v) is 13.5. The highest BCUT2D eigenvalue weighted by molar-refractivity contribution is 5.84. The van der Waals surface area contributed by atoms with Gasteiger partial charge in [0.2, 0.25) is 5.91 Å². The summed E-state index contributed by atoms with van der Waals surface area (Å²) in [6.45, 7) is 1.54. The molecule has 2 fully saturated rings. The summed E-state index contributed by atoms with van der Waals surface area (Å²) in [6, 6.07) is 10.6. The fourth-order valence-corrected chi connectivity index (χ4v) is 3.64. The molecule has 1 aromatic rings. The van der Waals surface area contributed by atoms with E-state index in [0.717, 1.165) is 32.1 Å². The molecule has 0 unspecified atom stereocenters. The third kappa shape index (κ3) is 4.24. The van der Waals surface area contributed by atoms with Gasteiger partial charge in [-0.05, 0) is 37.2 Å². The number of amides is 3. The number of hydrogen-bond acceptors (Lipinski definition) is 2. The molecule has 1 aliphatic heterocycles. The Morgan fingerprint density at radius 3 is 2.83 bits per heavy atom. The van der Waals surface area contributed by atoms with E-state index < -0.39 is 0 Å². The molecule has 1 saturated heterocycles. The Morgan fingerprint density at radius 1 is 1.22 bits per heavy atom. The van der Waals surface area contributed by atoms with Crippen LogP contribution in [0.1, 0.15) is 31.2 Å². The predicted octanol–water partition coefficient (Wildman–Crippen LogP) is 1.93. The first-order valence-corrected chi connectivity index (χ1v) is 8.58. The van der Waals surface area contributed by atoms with Crippen LogP contribution in [0, 0.1) is 5.92 Å². The van der Waals surface area contributed by atoms with Gasteiger partial charge >= 0.3 is 6.03 Å². The first-order valence-electron chi connectivity index (χ1n) is 8.58. The second-order valence-electron chi connectivity index (χ2n) is 6.56. The Balaban J connectivity index is 1.51. The lowest BCUT2D eigenvalue weighted by atomic mass is 9.94. The standard InChI is InChI=1S/C18H25N3O2/c22-17(13-21-11-5-10-19-18(21)23)20-16-9-4-8-15(16)12-14-6-2-1-3-7-14/h1-3,6-7,15-16H,4-5,8-13H2,(H,19,23)(H,20,22)/t15-,16-/m0/s1. The topological polar surface area (TPSA) is 61.4 Å². The van der Waals surface area contributed by atoms with E-state index in [1.807, 2.05) is 6.07 Å². The van der Waals surface area contributed by atoms with Crippen LogP contribution in [-0.4, -0.2) is 42.5 Å². The molecule has 1 saturated carbocycles. The van der Waals surface area contributed by atoms with Gasteiger partial charge in [-0.15, -0.1) is 0 Å². The van der Waals surface area contributed by atoms with E-state index in [-0.39, 0.29) is 24.5 Å². The second-order valence-corrected chi connectivity index (χ2v) is 6.56. The van der Waals surface area contributed by atoms with Gasteiger partial charge in [0.1, 0.15) is 6.54 Å². The Morgan fingerprint density at radius 2 is 2.04 bits per heavy atom. The first-order chi connectivity index (χ1) is 11.2. The molecule has 0 bridgehead atoms. The summed E-state index contributed by atoms with van der Waals surface area (Å²) in [5.74, 6) is 0.462. The molecular formula is C18H25N3O2. The van der Waals surface area contributed by atoms with Crippen molar-refractivity contribution in [3.05, 3.63) is 35.9 Å². The highest BCUT2D eigenvalue weighted by Gasteiger charge is 2.29. The largest absolute Gasteiger partial charge is 0.352 e. The third-order valence-electron chi connectivity index (χ3n) is 4.85. The lowest BCUT2D eigenvalue weighted by molar-refractivity contribution is -0.122. The number of hydrogen-bond donors (Lipinski definition) is 2. The Labute approximate surface area is 137 Å². The molecule has 0 spiro atoms. The molecule has 3 amide bonds. The summed E-state index contributed by atoms with van der Waals surface area (Å²) in [6.07, 6.45) is 5.27. The van der Waals surface area contributed by atoms with Crippen LogP contribution in [0.4, 0.5) is 4.79 Å². The van der Waals surface area contributed by atoms with E-state index in [2.05, 4.69) is 34.9 Å². The highest BCUT2D eigenvalue weighted by atomic mass is 16.2. The van der Waals surface area contributed by atoms with E-state index in [4.69, 9.17) is 0 Å². The van der Waals surface area contributed by atoms with Crippen LogP contribution < -0.4 is 10.6 Å². The van der Waals surface area contributed by atoms with Gasteiger partial charge in [-0.2, -0.15) is 0 Å². The average Bonchev–Trinajstić information content (AvgIpc) is 2.97. The summed E-state index contributed by atoms with van der Waals surface area (Å²) < 4.78 is 0. The molecule has 1 aliphatic carbocycles. The van der Waals surface area contributed by atoms with E-state index in [9.17, 15) is 9.59 Å². The summed E-state index contributed by atoms with van der Waals surface area (Å²) in [7, 11) is 0. The van der Waals surface area contributed by atoms with Crippen molar-refractivity contribution in [2.45, 2.75) is 38.1 Å². The SMILES string of the molecule is O=C(CN1CCCNC1=O)N[C@H]1CCC[C@H]1Cc1ccccc1. The van der Waals surface area contributed by atoms with Crippen LogP contribution in [0.15, 0.2) is 30.3 Å².